The zero-order chi connectivity index (χ0) is 15.1. The SMILES string of the molecule is CCc1nc(CNC(=NC)NC(C)c2ccccc2)cs1. The van der Waals surface area contributed by atoms with Crippen LogP contribution in [0.15, 0.2) is 40.7 Å². The van der Waals surface area contributed by atoms with Crippen LogP contribution in [-0.2, 0) is 13.0 Å². The minimum Gasteiger partial charge on any atom is -0.351 e. The van der Waals surface area contributed by atoms with Gasteiger partial charge in [0, 0.05) is 12.4 Å². The molecule has 0 saturated carbocycles. The number of hydrogen-bond donors (Lipinski definition) is 2. The number of hydrogen-bond acceptors (Lipinski definition) is 3. The molecule has 0 aliphatic heterocycles. The van der Waals surface area contributed by atoms with Gasteiger partial charge in [-0.25, -0.2) is 4.98 Å². The zero-order valence-electron chi connectivity index (χ0n) is 12.8. The van der Waals surface area contributed by atoms with E-state index in [2.05, 4.69) is 52.0 Å². The molecule has 1 aromatic carbocycles. The van der Waals surface area contributed by atoms with Gasteiger partial charge in [0.25, 0.3) is 0 Å². The average Bonchev–Trinajstić information content (AvgIpc) is 3.00. The van der Waals surface area contributed by atoms with Crippen molar-refractivity contribution in [1.82, 2.24) is 15.6 Å². The van der Waals surface area contributed by atoms with Crippen molar-refractivity contribution in [2.75, 3.05) is 7.05 Å². The Balaban J connectivity index is 1.89. The van der Waals surface area contributed by atoms with Gasteiger partial charge in [0.1, 0.15) is 0 Å². The van der Waals surface area contributed by atoms with E-state index >= 15 is 0 Å². The lowest BCUT2D eigenvalue weighted by molar-refractivity contribution is 0.683. The van der Waals surface area contributed by atoms with E-state index in [9.17, 15) is 0 Å². The summed E-state index contributed by atoms with van der Waals surface area (Å²) in [7, 11) is 1.78. The van der Waals surface area contributed by atoms with Crippen molar-refractivity contribution in [3.63, 3.8) is 0 Å². The normalized spacial score (nSPS) is 13.0. The van der Waals surface area contributed by atoms with Gasteiger partial charge < -0.3 is 10.6 Å². The molecule has 0 fully saturated rings. The second-order valence-corrected chi connectivity index (χ2v) is 5.73. The molecule has 1 aromatic heterocycles. The molecule has 0 bridgehead atoms. The lowest BCUT2D eigenvalue weighted by Gasteiger charge is -2.17. The monoisotopic (exact) mass is 302 g/mol. The molecule has 1 heterocycles. The number of guanidine groups is 1. The molecule has 2 N–H and O–H groups in total. The first kappa shape index (κ1) is 15.5. The molecule has 2 rings (SSSR count). The highest BCUT2D eigenvalue weighted by atomic mass is 32.1. The third kappa shape index (κ3) is 4.56. The van der Waals surface area contributed by atoms with Gasteiger partial charge in [-0.1, -0.05) is 37.3 Å². The molecule has 4 nitrogen and oxygen atoms in total. The molecular formula is C16H22N4S. The summed E-state index contributed by atoms with van der Waals surface area (Å²) in [6.07, 6.45) is 0.989. The highest BCUT2D eigenvalue weighted by molar-refractivity contribution is 7.09. The van der Waals surface area contributed by atoms with Gasteiger partial charge in [-0.2, -0.15) is 0 Å². The Kier molecular flexibility index (Phi) is 5.75. The Bertz CT molecular complexity index is 577. The quantitative estimate of drug-likeness (QED) is 0.659. The Morgan fingerprint density at radius 1 is 1.33 bits per heavy atom. The number of aryl methyl sites for hydroxylation is 1. The summed E-state index contributed by atoms with van der Waals surface area (Å²) in [4.78, 5) is 8.81. The van der Waals surface area contributed by atoms with E-state index < -0.39 is 0 Å². The van der Waals surface area contributed by atoms with Crippen LogP contribution in [0.3, 0.4) is 0 Å². The van der Waals surface area contributed by atoms with E-state index in [0.717, 1.165) is 18.1 Å². The van der Waals surface area contributed by atoms with Crippen LogP contribution < -0.4 is 10.6 Å². The Labute approximate surface area is 130 Å². The zero-order valence-corrected chi connectivity index (χ0v) is 13.6. The van der Waals surface area contributed by atoms with Gasteiger partial charge in [-0.05, 0) is 18.9 Å². The second kappa shape index (κ2) is 7.78. The van der Waals surface area contributed by atoms with Crippen LogP contribution in [0.1, 0.15) is 36.2 Å². The molecule has 0 saturated heterocycles. The van der Waals surface area contributed by atoms with Crippen LogP contribution in [0.5, 0.6) is 0 Å². The Morgan fingerprint density at radius 3 is 2.71 bits per heavy atom. The average molecular weight is 302 g/mol. The van der Waals surface area contributed by atoms with E-state index in [0.29, 0.717) is 6.54 Å². The van der Waals surface area contributed by atoms with Gasteiger partial charge in [0.15, 0.2) is 5.96 Å². The number of aliphatic imine (C=N–C) groups is 1. The molecule has 0 spiro atoms. The molecule has 112 valence electrons. The van der Waals surface area contributed by atoms with Crippen molar-refractivity contribution < 1.29 is 0 Å². The maximum Gasteiger partial charge on any atom is 0.191 e. The summed E-state index contributed by atoms with van der Waals surface area (Å²) >= 11 is 1.71. The maximum atomic E-state index is 4.55. The Morgan fingerprint density at radius 2 is 2.10 bits per heavy atom. The molecule has 2 aromatic rings. The Hall–Kier alpha value is -1.88. The highest BCUT2D eigenvalue weighted by Gasteiger charge is 2.07. The molecule has 1 atom stereocenters. The van der Waals surface area contributed by atoms with Gasteiger partial charge in [-0.15, -0.1) is 11.3 Å². The van der Waals surface area contributed by atoms with Crippen LogP contribution in [-0.4, -0.2) is 18.0 Å². The van der Waals surface area contributed by atoms with Crippen LogP contribution >= 0.6 is 11.3 Å². The smallest absolute Gasteiger partial charge is 0.191 e. The largest absolute Gasteiger partial charge is 0.351 e. The molecule has 1 unspecified atom stereocenters. The van der Waals surface area contributed by atoms with Crippen LogP contribution in [0.4, 0.5) is 0 Å². The fraction of sp³-hybridized carbons (Fsp3) is 0.375. The molecule has 0 radical (unpaired) electrons. The number of thiazole rings is 1. The van der Waals surface area contributed by atoms with Crippen molar-refractivity contribution >= 4 is 17.3 Å². The first-order chi connectivity index (χ1) is 10.2. The fourth-order valence-corrected chi connectivity index (χ4v) is 2.74. The van der Waals surface area contributed by atoms with E-state index in [-0.39, 0.29) is 6.04 Å². The number of rotatable bonds is 5. The minimum atomic E-state index is 0.207. The van der Waals surface area contributed by atoms with Crippen molar-refractivity contribution in [2.45, 2.75) is 32.9 Å². The van der Waals surface area contributed by atoms with Crippen LogP contribution in [0, 0.1) is 0 Å². The van der Waals surface area contributed by atoms with E-state index in [1.807, 2.05) is 18.2 Å². The van der Waals surface area contributed by atoms with Crippen molar-refractivity contribution in [3.05, 3.63) is 52.0 Å². The second-order valence-electron chi connectivity index (χ2n) is 4.79. The summed E-state index contributed by atoms with van der Waals surface area (Å²) in [5.41, 5.74) is 2.30. The molecule has 0 aliphatic carbocycles. The first-order valence-corrected chi connectivity index (χ1v) is 8.06. The lowest BCUT2D eigenvalue weighted by atomic mass is 10.1. The minimum absolute atomic E-state index is 0.207. The van der Waals surface area contributed by atoms with Crippen LogP contribution in [0.25, 0.3) is 0 Å². The van der Waals surface area contributed by atoms with Gasteiger partial charge in [0.05, 0.1) is 23.3 Å². The summed E-state index contributed by atoms with van der Waals surface area (Å²) in [6.45, 7) is 4.94. The number of benzene rings is 1. The van der Waals surface area contributed by atoms with E-state index in [1.165, 1.54) is 10.6 Å². The molecule has 5 heteroatoms. The van der Waals surface area contributed by atoms with Gasteiger partial charge >= 0.3 is 0 Å². The van der Waals surface area contributed by atoms with E-state index in [4.69, 9.17) is 0 Å². The molecule has 21 heavy (non-hydrogen) atoms. The first-order valence-electron chi connectivity index (χ1n) is 7.18. The summed E-state index contributed by atoms with van der Waals surface area (Å²) in [5.74, 6) is 0.789. The third-order valence-electron chi connectivity index (χ3n) is 3.22. The molecular weight excluding hydrogens is 280 g/mol. The van der Waals surface area contributed by atoms with Crippen molar-refractivity contribution in [3.8, 4) is 0 Å². The number of nitrogens with zero attached hydrogens (tertiary/aromatic N) is 2. The van der Waals surface area contributed by atoms with Crippen molar-refractivity contribution in [1.29, 1.82) is 0 Å². The third-order valence-corrected chi connectivity index (χ3v) is 4.26. The fourth-order valence-electron chi connectivity index (χ4n) is 1.99. The predicted octanol–water partition coefficient (Wildman–Crippen LogP) is 3.13. The summed E-state index contributed by atoms with van der Waals surface area (Å²) in [5, 5.41) is 9.97. The van der Waals surface area contributed by atoms with Crippen LogP contribution in [0.2, 0.25) is 0 Å². The number of aromatic nitrogens is 1. The summed E-state index contributed by atoms with van der Waals surface area (Å²) < 4.78 is 0. The van der Waals surface area contributed by atoms with E-state index in [1.54, 1.807) is 18.4 Å². The lowest BCUT2D eigenvalue weighted by Crippen LogP contribution is -2.38. The topological polar surface area (TPSA) is 49.3 Å². The molecule has 0 aliphatic rings. The highest BCUT2D eigenvalue weighted by Crippen LogP contribution is 2.11. The molecule has 0 amide bonds. The van der Waals surface area contributed by atoms with Crippen molar-refractivity contribution in [2.24, 2.45) is 4.99 Å². The standard InChI is InChI=1S/C16H22N4S/c1-4-15-20-14(11-21-15)10-18-16(17-3)19-12(2)13-8-6-5-7-9-13/h5-9,11-12H,4,10H2,1-3H3,(H2,17,18,19). The maximum absolute atomic E-state index is 4.55. The van der Waals surface area contributed by atoms with Gasteiger partial charge in [-0.3, -0.25) is 4.99 Å². The predicted molar refractivity (Wildman–Crippen MR) is 89.7 cm³/mol. The summed E-state index contributed by atoms with van der Waals surface area (Å²) in [6, 6.07) is 10.5. The van der Waals surface area contributed by atoms with Gasteiger partial charge in [0.2, 0.25) is 0 Å². The number of nitrogens with one attached hydrogen (secondary N) is 2.